The monoisotopic (exact) mass is 475 g/mol. The lowest BCUT2D eigenvalue weighted by atomic mass is 10.0. The summed E-state index contributed by atoms with van der Waals surface area (Å²) in [6.45, 7) is 0. The van der Waals surface area contributed by atoms with Crippen LogP contribution in [0.25, 0.3) is 21.5 Å². The zero-order chi connectivity index (χ0) is 24.9. The molecule has 1 unspecified atom stereocenters. The van der Waals surface area contributed by atoms with Gasteiger partial charge in [0.1, 0.15) is 5.69 Å². The molecule has 0 saturated heterocycles. The lowest BCUT2D eigenvalue weighted by Gasteiger charge is -2.18. The van der Waals surface area contributed by atoms with E-state index in [4.69, 9.17) is 0 Å². The Labute approximate surface area is 205 Å². The number of nitrogens with one attached hydrogen (secondary N) is 3. The molecule has 1 aromatic heterocycles. The molecule has 5 rings (SSSR count). The molecule has 1 heterocycles. The molecule has 8 nitrogen and oxygen atoms in total. The number of hydrogen-bond donors (Lipinski definition) is 3. The largest absolute Gasteiger partial charge is 0.335 e. The van der Waals surface area contributed by atoms with Crippen molar-refractivity contribution in [3.63, 3.8) is 0 Å². The van der Waals surface area contributed by atoms with Gasteiger partial charge in [-0.25, -0.2) is 10.5 Å². The van der Waals surface area contributed by atoms with Crippen LogP contribution in [0.5, 0.6) is 0 Å². The number of rotatable bonds is 6. The highest BCUT2D eigenvalue weighted by Crippen LogP contribution is 2.20. The van der Waals surface area contributed by atoms with E-state index >= 15 is 0 Å². The van der Waals surface area contributed by atoms with E-state index < -0.39 is 23.4 Å². The first kappa shape index (κ1) is 22.7. The van der Waals surface area contributed by atoms with Gasteiger partial charge in [0, 0.05) is 10.9 Å². The second-order valence-electron chi connectivity index (χ2n) is 8.10. The van der Waals surface area contributed by atoms with Gasteiger partial charge in [0.25, 0.3) is 17.4 Å². The van der Waals surface area contributed by atoms with Crippen molar-refractivity contribution in [2.24, 2.45) is 5.10 Å². The number of aromatic nitrogens is 2. The van der Waals surface area contributed by atoms with Crippen molar-refractivity contribution in [3.8, 4) is 0 Å². The van der Waals surface area contributed by atoms with E-state index in [1.807, 2.05) is 42.5 Å². The minimum atomic E-state index is -1.21. The van der Waals surface area contributed by atoms with Gasteiger partial charge in [0.05, 0.1) is 11.6 Å². The van der Waals surface area contributed by atoms with Crippen LogP contribution >= 0.6 is 0 Å². The van der Waals surface area contributed by atoms with Gasteiger partial charge >= 0.3 is 0 Å². The van der Waals surface area contributed by atoms with Gasteiger partial charge in [-0.3, -0.25) is 14.4 Å². The SMILES string of the molecule is O=C(NC(C(=O)N/N=C/c1ccc2ccccc2c1)c1n[nH]c(=O)c2ccccc12)c1ccccc1. The van der Waals surface area contributed by atoms with Gasteiger partial charge in [0.2, 0.25) is 0 Å². The molecule has 0 spiro atoms. The second-order valence-corrected chi connectivity index (χ2v) is 8.10. The second kappa shape index (κ2) is 10.0. The van der Waals surface area contributed by atoms with Crippen molar-refractivity contribution in [2.75, 3.05) is 0 Å². The van der Waals surface area contributed by atoms with Crippen LogP contribution in [-0.4, -0.2) is 28.2 Å². The molecule has 4 aromatic carbocycles. The van der Waals surface area contributed by atoms with Crippen LogP contribution in [0.2, 0.25) is 0 Å². The summed E-state index contributed by atoms with van der Waals surface area (Å²) in [7, 11) is 0. The van der Waals surface area contributed by atoms with E-state index in [9.17, 15) is 14.4 Å². The highest BCUT2D eigenvalue weighted by atomic mass is 16.2. The van der Waals surface area contributed by atoms with Gasteiger partial charge in [-0.2, -0.15) is 10.2 Å². The number of H-pyrrole nitrogens is 1. The number of aromatic amines is 1. The summed E-state index contributed by atoms with van der Waals surface area (Å²) in [6, 6.07) is 27.8. The summed E-state index contributed by atoms with van der Waals surface area (Å²) >= 11 is 0. The summed E-state index contributed by atoms with van der Waals surface area (Å²) in [5.74, 6) is -1.08. The number of benzene rings is 4. The molecule has 176 valence electrons. The van der Waals surface area contributed by atoms with E-state index in [2.05, 4.69) is 26.0 Å². The van der Waals surface area contributed by atoms with Crippen molar-refractivity contribution in [2.45, 2.75) is 6.04 Å². The number of carbonyl (C=O) groups excluding carboxylic acids is 2. The van der Waals surface area contributed by atoms with Crippen molar-refractivity contribution in [1.82, 2.24) is 20.9 Å². The molecule has 5 aromatic rings. The van der Waals surface area contributed by atoms with Gasteiger partial charge in [-0.15, -0.1) is 0 Å². The van der Waals surface area contributed by atoms with Crippen LogP contribution in [0.3, 0.4) is 0 Å². The van der Waals surface area contributed by atoms with Crippen LogP contribution in [0, 0.1) is 0 Å². The number of nitrogens with zero attached hydrogens (tertiary/aromatic N) is 2. The molecule has 0 aliphatic heterocycles. The zero-order valence-corrected chi connectivity index (χ0v) is 19.0. The van der Waals surface area contributed by atoms with E-state index in [1.54, 1.807) is 54.6 Å². The maximum Gasteiger partial charge on any atom is 0.272 e. The Kier molecular flexibility index (Phi) is 6.31. The fraction of sp³-hybridized carbons (Fsp3) is 0.0357. The van der Waals surface area contributed by atoms with Gasteiger partial charge in [-0.05, 0) is 40.6 Å². The lowest BCUT2D eigenvalue weighted by molar-refractivity contribution is -0.123. The molecule has 0 bridgehead atoms. The molecule has 3 N–H and O–H groups in total. The first-order valence-corrected chi connectivity index (χ1v) is 11.2. The maximum absolute atomic E-state index is 13.3. The average Bonchev–Trinajstić information content (AvgIpc) is 2.92. The molecule has 0 fully saturated rings. The molecule has 0 radical (unpaired) electrons. The minimum absolute atomic E-state index is 0.202. The topological polar surface area (TPSA) is 116 Å². The molecule has 2 amide bonds. The van der Waals surface area contributed by atoms with Crippen LogP contribution < -0.4 is 16.3 Å². The number of carbonyl (C=O) groups is 2. The van der Waals surface area contributed by atoms with Crippen molar-refractivity contribution in [1.29, 1.82) is 0 Å². The Bertz CT molecular complexity index is 1660. The summed E-state index contributed by atoms with van der Waals surface area (Å²) in [5, 5.41) is 16.3. The highest BCUT2D eigenvalue weighted by Gasteiger charge is 2.27. The van der Waals surface area contributed by atoms with Crippen LogP contribution in [0.15, 0.2) is 107 Å². The van der Waals surface area contributed by atoms with E-state index in [1.165, 1.54) is 6.21 Å². The maximum atomic E-state index is 13.3. The fourth-order valence-corrected chi connectivity index (χ4v) is 3.94. The van der Waals surface area contributed by atoms with Crippen molar-refractivity contribution in [3.05, 3.63) is 124 Å². The van der Waals surface area contributed by atoms with Gasteiger partial charge < -0.3 is 5.32 Å². The number of hydrogen-bond acceptors (Lipinski definition) is 5. The van der Waals surface area contributed by atoms with E-state index in [0.717, 1.165) is 16.3 Å². The van der Waals surface area contributed by atoms with Crippen LogP contribution in [0.4, 0.5) is 0 Å². The molecule has 0 aliphatic rings. The number of amides is 2. The summed E-state index contributed by atoms with van der Waals surface area (Å²) in [6.07, 6.45) is 1.53. The van der Waals surface area contributed by atoms with Gasteiger partial charge in [-0.1, -0.05) is 72.8 Å². The first-order chi connectivity index (χ1) is 17.6. The smallest absolute Gasteiger partial charge is 0.272 e. The lowest BCUT2D eigenvalue weighted by Crippen LogP contribution is -2.40. The van der Waals surface area contributed by atoms with E-state index in [0.29, 0.717) is 16.3 Å². The quantitative estimate of drug-likeness (QED) is 0.256. The normalized spacial score (nSPS) is 12.0. The molecular weight excluding hydrogens is 454 g/mol. The fourth-order valence-electron chi connectivity index (χ4n) is 3.94. The Morgan fingerprint density at radius 2 is 1.53 bits per heavy atom. The molecule has 8 heteroatoms. The third-order valence-electron chi connectivity index (χ3n) is 5.73. The Hall–Kier alpha value is -5.11. The third-order valence-corrected chi connectivity index (χ3v) is 5.73. The predicted molar refractivity (Wildman–Crippen MR) is 139 cm³/mol. The molecule has 0 aliphatic carbocycles. The van der Waals surface area contributed by atoms with Crippen LogP contribution in [0.1, 0.15) is 27.7 Å². The summed E-state index contributed by atoms with van der Waals surface area (Å²) in [5.41, 5.74) is 3.48. The predicted octanol–water partition coefficient (Wildman–Crippen LogP) is 3.70. The third kappa shape index (κ3) is 4.74. The Morgan fingerprint density at radius 3 is 2.33 bits per heavy atom. The van der Waals surface area contributed by atoms with Gasteiger partial charge in [0.15, 0.2) is 6.04 Å². The van der Waals surface area contributed by atoms with E-state index in [-0.39, 0.29) is 5.69 Å². The summed E-state index contributed by atoms with van der Waals surface area (Å²) < 4.78 is 0. The molecule has 36 heavy (non-hydrogen) atoms. The number of fused-ring (bicyclic) bond motifs is 2. The minimum Gasteiger partial charge on any atom is -0.335 e. The zero-order valence-electron chi connectivity index (χ0n) is 19.0. The average molecular weight is 476 g/mol. The highest BCUT2D eigenvalue weighted by molar-refractivity contribution is 5.99. The summed E-state index contributed by atoms with van der Waals surface area (Å²) in [4.78, 5) is 38.5. The Balaban J connectivity index is 1.45. The Morgan fingerprint density at radius 1 is 0.833 bits per heavy atom. The molecule has 0 saturated carbocycles. The first-order valence-electron chi connectivity index (χ1n) is 11.2. The standard InChI is InChI=1S/C28H21N5O3/c34-26(20-9-2-1-3-10-20)30-25(24-22-12-6-7-13-23(22)27(35)33-31-24)28(36)32-29-17-18-14-15-19-8-4-5-11-21(19)16-18/h1-17,25H,(H,30,34)(H,32,36)(H,33,35)/b29-17+. The number of hydrazone groups is 1. The molecular formula is C28H21N5O3. The molecule has 1 atom stereocenters. The van der Waals surface area contributed by atoms with Crippen molar-refractivity contribution < 1.29 is 9.59 Å². The van der Waals surface area contributed by atoms with Crippen molar-refractivity contribution >= 4 is 39.6 Å². The van der Waals surface area contributed by atoms with Crippen LogP contribution in [-0.2, 0) is 4.79 Å².